The molecule has 20 heavy (non-hydrogen) atoms. The largest absolute Gasteiger partial charge is 0.316 e. The number of hydrogen-bond acceptors (Lipinski definition) is 2. The van der Waals surface area contributed by atoms with Gasteiger partial charge in [-0.15, -0.1) is 0 Å². The van der Waals surface area contributed by atoms with Crippen molar-refractivity contribution >= 4 is 0 Å². The third kappa shape index (κ3) is 2.63. The number of nitrogens with one attached hydrogen (secondary N) is 1. The fourth-order valence-electron chi connectivity index (χ4n) is 4.34. The minimum atomic E-state index is 0.556. The molecule has 2 aliphatic carbocycles. The molecule has 3 rings (SSSR count). The SMILES string of the molecule is CNC(C1CCC(C)(C)CC1)C1CCc2cccnc21. The van der Waals surface area contributed by atoms with E-state index in [-0.39, 0.29) is 0 Å². The van der Waals surface area contributed by atoms with Crippen LogP contribution in [0.3, 0.4) is 0 Å². The van der Waals surface area contributed by atoms with Crippen molar-refractivity contribution in [2.45, 2.75) is 64.3 Å². The van der Waals surface area contributed by atoms with Gasteiger partial charge in [-0.1, -0.05) is 19.9 Å². The maximum atomic E-state index is 4.69. The molecule has 0 amide bonds. The molecule has 2 nitrogen and oxygen atoms in total. The van der Waals surface area contributed by atoms with E-state index in [1.165, 1.54) is 49.8 Å². The lowest BCUT2D eigenvalue weighted by Gasteiger charge is -2.40. The van der Waals surface area contributed by atoms with Crippen LogP contribution >= 0.6 is 0 Å². The van der Waals surface area contributed by atoms with E-state index in [1.54, 1.807) is 0 Å². The summed E-state index contributed by atoms with van der Waals surface area (Å²) in [7, 11) is 2.14. The maximum absolute atomic E-state index is 4.69. The van der Waals surface area contributed by atoms with E-state index < -0.39 is 0 Å². The Morgan fingerprint density at radius 1 is 1.25 bits per heavy atom. The molecular formula is C18H28N2. The summed E-state index contributed by atoms with van der Waals surface area (Å²) >= 11 is 0. The summed E-state index contributed by atoms with van der Waals surface area (Å²) in [5.74, 6) is 1.45. The predicted octanol–water partition coefficient (Wildman–Crippen LogP) is 3.92. The highest BCUT2D eigenvalue weighted by Gasteiger charge is 2.37. The van der Waals surface area contributed by atoms with Crippen LogP contribution in [-0.4, -0.2) is 18.1 Å². The molecule has 1 N–H and O–H groups in total. The first-order valence-corrected chi connectivity index (χ1v) is 8.22. The molecule has 1 saturated carbocycles. The van der Waals surface area contributed by atoms with Gasteiger partial charge in [0.05, 0.1) is 0 Å². The average molecular weight is 272 g/mol. The number of hydrogen-bond donors (Lipinski definition) is 1. The van der Waals surface area contributed by atoms with Crippen molar-refractivity contribution in [1.29, 1.82) is 0 Å². The van der Waals surface area contributed by atoms with Crippen LogP contribution in [0.5, 0.6) is 0 Å². The molecule has 0 radical (unpaired) electrons. The standard InChI is InChI=1S/C18H28N2/c1-18(2)10-8-14(9-11-18)16(19-3)15-7-6-13-5-4-12-20-17(13)15/h4-5,12,14-16,19H,6-11H2,1-3H3. The second kappa shape index (κ2) is 5.48. The summed E-state index contributed by atoms with van der Waals surface area (Å²) in [4.78, 5) is 4.69. The second-order valence-corrected chi connectivity index (χ2v) is 7.51. The van der Waals surface area contributed by atoms with Crippen molar-refractivity contribution < 1.29 is 0 Å². The molecule has 0 saturated heterocycles. The van der Waals surface area contributed by atoms with E-state index in [2.05, 4.69) is 38.3 Å². The highest BCUT2D eigenvalue weighted by molar-refractivity contribution is 5.30. The Labute approximate surface area is 123 Å². The Kier molecular flexibility index (Phi) is 3.85. The average Bonchev–Trinajstić information content (AvgIpc) is 2.86. The minimum absolute atomic E-state index is 0.556. The summed E-state index contributed by atoms with van der Waals surface area (Å²) in [6, 6.07) is 4.96. The summed E-state index contributed by atoms with van der Waals surface area (Å²) in [5, 5.41) is 3.64. The summed E-state index contributed by atoms with van der Waals surface area (Å²) in [6.45, 7) is 4.84. The van der Waals surface area contributed by atoms with Crippen LogP contribution in [0.1, 0.15) is 63.1 Å². The molecule has 2 atom stereocenters. The van der Waals surface area contributed by atoms with E-state index >= 15 is 0 Å². The van der Waals surface area contributed by atoms with Crippen LogP contribution in [0.25, 0.3) is 0 Å². The lowest BCUT2D eigenvalue weighted by Crippen LogP contribution is -2.41. The van der Waals surface area contributed by atoms with Gasteiger partial charge in [-0.2, -0.15) is 0 Å². The third-order valence-corrected chi connectivity index (χ3v) is 5.66. The smallest absolute Gasteiger partial charge is 0.0482 e. The van der Waals surface area contributed by atoms with Crippen LogP contribution in [-0.2, 0) is 6.42 Å². The van der Waals surface area contributed by atoms with Crippen molar-refractivity contribution in [3.8, 4) is 0 Å². The zero-order chi connectivity index (χ0) is 14.2. The van der Waals surface area contributed by atoms with Gasteiger partial charge in [0.25, 0.3) is 0 Å². The van der Waals surface area contributed by atoms with Crippen LogP contribution in [0, 0.1) is 11.3 Å². The Morgan fingerprint density at radius 3 is 2.70 bits per heavy atom. The zero-order valence-electron chi connectivity index (χ0n) is 13.2. The van der Waals surface area contributed by atoms with E-state index in [0.717, 1.165) is 5.92 Å². The van der Waals surface area contributed by atoms with Crippen molar-refractivity contribution in [1.82, 2.24) is 10.3 Å². The van der Waals surface area contributed by atoms with Crippen LogP contribution in [0.15, 0.2) is 18.3 Å². The number of nitrogens with zero attached hydrogens (tertiary/aromatic N) is 1. The summed E-state index contributed by atoms with van der Waals surface area (Å²) in [6.07, 6.45) is 9.94. The number of pyridine rings is 1. The number of fused-ring (bicyclic) bond motifs is 1. The molecule has 2 unspecified atom stereocenters. The number of likely N-dealkylation sites (N-methyl/N-ethyl adjacent to an activating group) is 1. The molecule has 2 aliphatic rings. The van der Waals surface area contributed by atoms with E-state index in [9.17, 15) is 0 Å². The summed E-state index contributed by atoms with van der Waals surface area (Å²) in [5.41, 5.74) is 3.41. The molecule has 110 valence electrons. The first kappa shape index (κ1) is 14.1. The summed E-state index contributed by atoms with van der Waals surface area (Å²) < 4.78 is 0. The molecule has 0 spiro atoms. The highest BCUT2D eigenvalue weighted by atomic mass is 14.9. The van der Waals surface area contributed by atoms with E-state index in [4.69, 9.17) is 4.98 Å². The van der Waals surface area contributed by atoms with E-state index in [0.29, 0.717) is 17.4 Å². The quantitative estimate of drug-likeness (QED) is 0.902. The molecule has 1 fully saturated rings. The lowest BCUT2D eigenvalue weighted by molar-refractivity contribution is 0.152. The van der Waals surface area contributed by atoms with Gasteiger partial charge < -0.3 is 5.32 Å². The molecule has 0 bridgehead atoms. The fraction of sp³-hybridized carbons (Fsp3) is 0.722. The van der Waals surface area contributed by atoms with Gasteiger partial charge in [-0.3, -0.25) is 4.98 Å². The Hall–Kier alpha value is -0.890. The van der Waals surface area contributed by atoms with Crippen molar-refractivity contribution in [3.63, 3.8) is 0 Å². The van der Waals surface area contributed by atoms with Crippen LogP contribution in [0.4, 0.5) is 0 Å². The predicted molar refractivity (Wildman–Crippen MR) is 83.9 cm³/mol. The Balaban J connectivity index is 1.75. The van der Waals surface area contributed by atoms with Gasteiger partial charge in [-0.25, -0.2) is 0 Å². The topological polar surface area (TPSA) is 24.9 Å². The normalized spacial score (nSPS) is 27.2. The molecular weight excluding hydrogens is 244 g/mol. The lowest BCUT2D eigenvalue weighted by atomic mass is 9.69. The second-order valence-electron chi connectivity index (χ2n) is 7.51. The van der Waals surface area contributed by atoms with Gasteiger partial charge in [0.1, 0.15) is 0 Å². The molecule has 1 heterocycles. The molecule has 0 aliphatic heterocycles. The zero-order valence-corrected chi connectivity index (χ0v) is 13.2. The Bertz CT molecular complexity index is 456. The molecule has 1 aromatic rings. The first-order valence-electron chi connectivity index (χ1n) is 8.22. The van der Waals surface area contributed by atoms with Gasteiger partial charge in [0.15, 0.2) is 0 Å². The molecule has 2 heteroatoms. The van der Waals surface area contributed by atoms with Crippen molar-refractivity contribution in [2.75, 3.05) is 7.05 Å². The minimum Gasteiger partial charge on any atom is -0.316 e. The monoisotopic (exact) mass is 272 g/mol. The van der Waals surface area contributed by atoms with Crippen molar-refractivity contribution in [3.05, 3.63) is 29.6 Å². The number of rotatable bonds is 3. The molecule has 1 aromatic heterocycles. The van der Waals surface area contributed by atoms with Gasteiger partial charge >= 0.3 is 0 Å². The van der Waals surface area contributed by atoms with Gasteiger partial charge in [-0.05, 0) is 68.5 Å². The van der Waals surface area contributed by atoms with E-state index in [1.807, 2.05) is 6.20 Å². The Morgan fingerprint density at radius 2 is 2.00 bits per heavy atom. The van der Waals surface area contributed by atoms with Crippen LogP contribution in [0.2, 0.25) is 0 Å². The van der Waals surface area contributed by atoms with Gasteiger partial charge in [0, 0.05) is 23.9 Å². The molecule has 0 aromatic carbocycles. The first-order chi connectivity index (χ1) is 9.61. The highest BCUT2D eigenvalue weighted by Crippen LogP contribution is 2.44. The number of aryl methyl sites for hydroxylation is 1. The fourth-order valence-corrected chi connectivity index (χ4v) is 4.34. The third-order valence-electron chi connectivity index (χ3n) is 5.66. The van der Waals surface area contributed by atoms with Gasteiger partial charge in [0.2, 0.25) is 0 Å². The van der Waals surface area contributed by atoms with Crippen molar-refractivity contribution in [2.24, 2.45) is 11.3 Å². The number of aromatic nitrogens is 1. The van der Waals surface area contributed by atoms with Crippen LogP contribution < -0.4 is 5.32 Å². The maximum Gasteiger partial charge on any atom is 0.0482 e.